The van der Waals surface area contributed by atoms with E-state index in [9.17, 15) is 0 Å². The van der Waals surface area contributed by atoms with Gasteiger partial charge in [-0.3, -0.25) is 0 Å². The Morgan fingerprint density at radius 2 is 1.11 bits per heavy atom. The van der Waals surface area contributed by atoms with Gasteiger partial charge in [0, 0.05) is 27.8 Å². The van der Waals surface area contributed by atoms with E-state index in [2.05, 4.69) is 195 Å². The van der Waals surface area contributed by atoms with Crippen molar-refractivity contribution in [3.8, 4) is 45.0 Å². The molecule has 300 valence electrons. The third-order valence-electron chi connectivity index (χ3n) is 13.3. The largest absolute Gasteiger partial charge is 0.456 e. The Kier molecular flexibility index (Phi) is 9.03. The zero-order chi connectivity index (χ0) is 41.9. The Bertz CT molecular complexity index is 3430. The summed E-state index contributed by atoms with van der Waals surface area (Å²) in [6, 6.07) is 65.3. The van der Waals surface area contributed by atoms with Crippen molar-refractivity contribution < 1.29 is 4.42 Å². The highest BCUT2D eigenvalue weighted by molar-refractivity contribution is 6.06. The van der Waals surface area contributed by atoms with E-state index in [4.69, 9.17) is 19.4 Å². The fraction of sp³-hybridized carbons (Fsp3) is 0.102. The maximum atomic E-state index is 6.64. The fourth-order valence-corrected chi connectivity index (χ4v) is 10.1. The first-order valence-electron chi connectivity index (χ1n) is 22.1. The maximum Gasteiger partial charge on any atom is 0.164 e. The van der Waals surface area contributed by atoms with Gasteiger partial charge in [0.1, 0.15) is 11.2 Å². The van der Waals surface area contributed by atoms with Crippen molar-refractivity contribution in [2.24, 2.45) is 5.92 Å². The first-order chi connectivity index (χ1) is 31.1. The number of aromatic nitrogens is 3. The van der Waals surface area contributed by atoms with Gasteiger partial charge < -0.3 is 4.42 Å². The van der Waals surface area contributed by atoms with Crippen molar-refractivity contribution >= 4 is 43.9 Å². The number of para-hydroxylation sites is 1. The second-order valence-electron chi connectivity index (χ2n) is 17.1. The molecule has 2 aromatic heterocycles. The van der Waals surface area contributed by atoms with Crippen molar-refractivity contribution in [3.05, 3.63) is 222 Å². The minimum absolute atomic E-state index is 0.0591. The molecule has 0 fully saturated rings. The van der Waals surface area contributed by atoms with Crippen molar-refractivity contribution in [3.63, 3.8) is 0 Å². The van der Waals surface area contributed by atoms with Gasteiger partial charge in [-0.15, -0.1) is 0 Å². The summed E-state index contributed by atoms with van der Waals surface area (Å²) in [5, 5.41) is 4.74. The van der Waals surface area contributed by atoms with Crippen molar-refractivity contribution in [2.45, 2.75) is 32.1 Å². The molecular formula is C59H43N3O. The van der Waals surface area contributed by atoms with Gasteiger partial charge in [-0.25, -0.2) is 15.0 Å². The van der Waals surface area contributed by atoms with E-state index in [0.29, 0.717) is 17.5 Å². The Balaban J connectivity index is 1.07. The predicted molar refractivity (Wildman–Crippen MR) is 259 cm³/mol. The van der Waals surface area contributed by atoms with Crippen LogP contribution >= 0.6 is 0 Å². The summed E-state index contributed by atoms with van der Waals surface area (Å²) in [5.74, 6) is 2.34. The summed E-state index contributed by atoms with van der Waals surface area (Å²) in [4.78, 5) is 16.2. The number of nitrogens with zero attached hydrogens (tertiary/aromatic N) is 3. The lowest BCUT2D eigenvalue weighted by molar-refractivity contribution is 0.668. The molecule has 0 saturated heterocycles. The van der Waals surface area contributed by atoms with Gasteiger partial charge in [0.05, 0.1) is 0 Å². The van der Waals surface area contributed by atoms with E-state index in [0.717, 1.165) is 63.5 Å². The van der Waals surface area contributed by atoms with Crippen molar-refractivity contribution in [1.29, 1.82) is 0 Å². The van der Waals surface area contributed by atoms with Gasteiger partial charge >= 0.3 is 0 Å². The second-order valence-corrected chi connectivity index (χ2v) is 17.1. The molecule has 0 saturated carbocycles. The van der Waals surface area contributed by atoms with Crippen LogP contribution in [0.4, 0.5) is 0 Å². The van der Waals surface area contributed by atoms with Gasteiger partial charge in [-0.2, -0.15) is 0 Å². The zero-order valence-corrected chi connectivity index (χ0v) is 35.0. The maximum absolute atomic E-state index is 6.64. The number of hydrogen-bond donors (Lipinski definition) is 0. The first-order valence-corrected chi connectivity index (χ1v) is 22.1. The molecule has 0 N–H and O–H groups in total. The molecule has 63 heavy (non-hydrogen) atoms. The highest BCUT2D eigenvalue weighted by atomic mass is 16.3. The van der Waals surface area contributed by atoms with Gasteiger partial charge in [0.15, 0.2) is 17.5 Å². The summed E-state index contributed by atoms with van der Waals surface area (Å²) < 4.78 is 6.64. The fourth-order valence-electron chi connectivity index (χ4n) is 10.1. The summed E-state index contributed by atoms with van der Waals surface area (Å²) in [6.45, 7) is 2.30. The molecule has 2 unspecified atom stereocenters. The molecule has 0 radical (unpaired) electrons. The van der Waals surface area contributed by atoms with Crippen LogP contribution < -0.4 is 0 Å². The topological polar surface area (TPSA) is 51.8 Å². The molecule has 0 spiro atoms. The Morgan fingerprint density at radius 3 is 1.92 bits per heavy atom. The Hall–Kier alpha value is -7.69. The molecule has 12 rings (SSSR count). The number of aryl methyl sites for hydroxylation is 1. The summed E-state index contributed by atoms with van der Waals surface area (Å²) in [6.07, 6.45) is 7.15. The number of allylic oxidation sites excluding steroid dienone is 4. The van der Waals surface area contributed by atoms with E-state index in [1.54, 1.807) is 0 Å². The minimum atomic E-state index is 0.0591. The van der Waals surface area contributed by atoms with Gasteiger partial charge in [0.2, 0.25) is 0 Å². The molecule has 0 amide bonds. The molecule has 2 heterocycles. The zero-order valence-electron chi connectivity index (χ0n) is 35.0. The van der Waals surface area contributed by atoms with Gasteiger partial charge in [-0.1, -0.05) is 177 Å². The standard InChI is InChI=1S/C59H43N3O/c1-37-32-45(29-30-46(37)40-16-6-3-7-17-40)58-60-57(41-26-24-39(25-27-41)38-14-4-2-5-15-38)61-59(62-58)54-36-56-53(50-22-12-13-23-55(50)63-56)35-52(54)49-31-28-44-33-42-18-8-9-19-43(42)34-51(44)48-21-11-10-20-47(48)49/h2-27,29-30,33-37,49H,28,31-32H2,1H3. The molecule has 10 aromatic rings. The van der Waals surface area contributed by atoms with E-state index in [1.165, 1.54) is 55.3 Å². The molecule has 4 heteroatoms. The van der Waals surface area contributed by atoms with Crippen LogP contribution in [0.2, 0.25) is 0 Å². The van der Waals surface area contributed by atoms with Gasteiger partial charge in [-0.05, 0) is 116 Å². The van der Waals surface area contributed by atoms with Crippen LogP contribution in [-0.2, 0) is 6.42 Å². The summed E-state index contributed by atoms with van der Waals surface area (Å²) in [5.41, 5.74) is 16.1. The lowest BCUT2D eigenvalue weighted by Crippen LogP contribution is -2.10. The SMILES string of the molecule is CC1CC(c2nc(-c3ccc(-c4ccccc4)cc3)nc(-c3cc4oc5ccccc5c4cc3C3CCc4cc5ccccc5cc4-c4ccccc43)n2)=CC=C1c1ccccc1. The number of rotatable bonds is 6. The van der Waals surface area contributed by atoms with Crippen molar-refractivity contribution in [1.82, 2.24) is 15.0 Å². The minimum Gasteiger partial charge on any atom is -0.456 e. The van der Waals surface area contributed by atoms with Crippen LogP contribution in [0.5, 0.6) is 0 Å². The quantitative estimate of drug-likeness (QED) is 0.168. The van der Waals surface area contributed by atoms with E-state index >= 15 is 0 Å². The monoisotopic (exact) mass is 809 g/mol. The highest BCUT2D eigenvalue weighted by Crippen LogP contribution is 2.47. The molecule has 2 aliphatic rings. The Labute approximate surface area is 367 Å². The lowest BCUT2D eigenvalue weighted by Gasteiger charge is -2.23. The molecular weight excluding hydrogens is 767 g/mol. The average Bonchev–Trinajstić information content (AvgIpc) is 3.63. The Morgan fingerprint density at radius 1 is 0.460 bits per heavy atom. The van der Waals surface area contributed by atoms with Crippen molar-refractivity contribution in [2.75, 3.05) is 0 Å². The van der Waals surface area contributed by atoms with Gasteiger partial charge in [0.25, 0.3) is 0 Å². The van der Waals surface area contributed by atoms with E-state index in [-0.39, 0.29) is 11.8 Å². The van der Waals surface area contributed by atoms with Crippen LogP contribution in [0.3, 0.4) is 0 Å². The van der Waals surface area contributed by atoms with Crippen LogP contribution in [0, 0.1) is 5.92 Å². The van der Waals surface area contributed by atoms with E-state index < -0.39 is 0 Å². The average molecular weight is 810 g/mol. The molecule has 0 bridgehead atoms. The van der Waals surface area contributed by atoms with Crippen LogP contribution in [0.1, 0.15) is 53.8 Å². The second kappa shape index (κ2) is 15.3. The normalized spacial score (nSPS) is 16.0. The predicted octanol–water partition coefficient (Wildman–Crippen LogP) is 15.2. The van der Waals surface area contributed by atoms with Crippen LogP contribution in [0.15, 0.2) is 199 Å². The molecule has 4 nitrogen and oxygen atoms in total. The molecule has 0 aliphatic heterocycles. The van der Waals surface area contributed by atoms with Crippen LogP contribution in [-0.4, -0.2) is 15.0 Å². The molecule has 2 atom stereocenters. The third kappa shape index (κ3) is 6.67. The molecule has 8 aromatic carbocycles. The summed E-state index contributed by atoms with van der Waals surface area (Å²) in [7, 11) is 0. The van der Waals surface area contributed by atoms with E-state index in [1.807, 2.05) is 6.07 Å². The smallest absolute Gasteiger partial charge is 0.164 e. The highest BCUT2D eigenvalue weighted by Gasteiger charge is 2.29. The summed E-state index contributed by atoms with van der Waals surface area (Å²) >= 11 is 0. The van der Waals surface area contributed by atoms with Crippen LogP contribution in [0.25, 0.3) is 88.9 Å². The first kappa shape index (κ1) is 37.1. The number of fused-ring (bicyclic) bond motifs is 7. The third-order valence-corrected chi connectivity index (χ3v) is 13.3. The number of benzene rings is 8. The number of furan rings is 1. The lowest BCUT2D eigenvalue weighted by atomic mass is 9.82. The number of hydrogen-bond acceptors (Lipinski definition) is 4. The molecule has 2 aliphatic carbocycles.